The Kier molecular flexibility index (Phi) is 3.90. The van der Waals surface area contributed by atoms with E-state index in [1.807, 2.05) is 39.0 Å². The number of amides is 1. The molecule has 0 bridgehead atoms. The Balaban J connectivity index is 1.68. The Morgan fingerprint density at radius 3 is 2.81 bits per heavy atom. The van der Waals surface area contributed by atoms with Crippen LogP contribution >= 0.6 is 0 Å². The van der Waals surface area contributed by atoms with Crippen LogP contribution in [0, 0.1) is 0 Å². The van der Waals surface area contributed by atoms with E-state index < -0.39 is 11.1 Å². The average Bonchev–Trinajstić information content (AvgIpc) is 3.24. The van der Waals surface area contributed by atoms with Gasteiger partial charge in [-0.25, -0.2) is 4.79 Å². The Labute approximate surface area is 153 Å². The zero-order valence-electron chi connectivity index (χ0n) is 15.5. The van der Waals surface area contributed by atoms with Crippen LogP contribution in [0.4, 0.5) is 4.79 Å². The predicted octanol–water partition coefficient (Wildman–Crippen LogP) is 3.63. The van der Waals surface area contributed by atoms with Gasteiger partial charge in [-0.2, -0.15) is 0 Å². The number of ketones is 1. The van der Waals surface area contributed by atoms with Crippen LogP contribution in [0.3, 0.4) is 0 Å². The number of hydrogen-bond donors (Lipinski definition) is 0. The van der Waals surface area contributed by atoms with Gasteiger partial charge in [-0.3, -0.25) is 4.79 Å². The van der Waals surface area contributed by atoms with Crippen molar-refractivity contribution in [1.29, 1.82) is 0 Å². The van der Waals surface area contributed by atoms with Crippen LogP contribution in [0.25, 0.3) is 0 Å². The lowest BCUT2D eigenvalue weighted by Gasteiger charge is -2.40. The summed E-state index contributed by atoms with van der Waals surface area (Å²) in [6.07, 6.45) is 2.21. The zero-order chi connectivity index (χ0) is 18.5. The second kappa shape index (κ2) is 5.89. The second-order valence-corrected chi connectivity index (χ2v) is 8.42. The molecule has 1 aliphatic carbocycles. The van der Waals surface area contributed by atoms with Gasteiger partial charge in [0.15, 0.2) is 11.5 Å². The molecule has 1 saturated carbocycles. The predicted molar refractivity (Wildman–Crippen MR) is 94.5 cm³/mol. The van der Waals surface area contributed by atoms with Crippen molar-refractivity contribution in [1.82, 2.24) is 4.90 Å². The van der Waals surface area contributed by atoms with Crippen LogP contribution in [0.15, 0.2) is 18.2 Å². The standard InChI is InChI=1S/C20H25NO5/c1-19(2,3)26-18(23)21-8-4-7-20(21)11-14(22)10-15(20)13-5-6-16-17(9-13)25-12-24-16/h5-6,9,15H,4,7-8,10-12H2,1-3H3/t15-,20-/m0/s1. The highest BCUT2D eigenvalue weighted by molar-refractivity contribution is 5.86. The molecule has 1 aromatic rings. The fourth-order valence-electron chi connectivity index (χ4n) is 4.55. The lowest BCUT2D eigenvalue weighted by Crippen LogP contribution is -2.50. The molecule has 1 saturated heterocycles. The molecule has 2 aliphatic heterocycles. The quantitative estimate of drug-likeness (QED) is 0.766. The molecule has 2 atom stereocenters. The van der Waals surface area contributed by atoms with Crippen LogP contribution in [-0.4, -0.2) is 41.3 Å². The molecular formula is C20H25NO5. The Hall–Kier alpha value is -2.24. The van der Waals surface area contributed by atoms with E-state index >= 15 is 0 Å². The molecule has 3 aliphatic rings. The maximum atomic E-state index is 12.8. The van der Waals surface area contributed by atoms with E-state index in [0.717, 1.165) is 24.2 Å². The monoisotopic (exact) mass is 359 g/mol. The third kappa shape index (κ3) is 2.81. The first kappa shape index (κ1) is 17.2. The highest BCUT2D eigenvalue weighted by Crippen LogP contribution is 2.52. The molecule has 140 valence electrons. The van der Waals surface area contributed by atoms with E-state index in [-0.39, 0.29) is 24.6 Å². The Morgan fingerprint density at radius 2 is 2.04 bits per heavy atom. The van der Waals surface area contributed by atoms with Crippen molar-refractivity contribution < 1.29 is 23.8 Å². The maximum absolute atomic E-state index is 12.8. The fraction of sp³-hybridized carbons (Fsp3) is 0.600. The van der Waals surface area contributed by atoms with Gasteiger partial charge in [0.05, 0.1) is 5.54 Å². The first-order chi connectivity index (χ1) is 12.3. The number of Topliss-reactive ketones (excluding diaryl/α,β-unsaturated/α-hetero) is 1. The van der Waals surface area contributed by atoms with E-state index in [9.17, 15) is 9.59 Å². The molecule has 1 aromatic carbocycles. The van der Waals surface area contributed by atoms with Crippen LogP contribution in [0.1, 0.15) is 57.9 Å². The van der Waals surface area contributed by atoms with Gasteiger partial charge in [-0.15, -0.1) is 0 Å². The van der Waals surface area contributed by atoms with Gasteiger partial charge in [-0.05, 0) is 51.3 Å². The summed E-state index contributed by atoms with van der Waals surface area (Å²) in [6.45, 7) is 6.44. The minimum absolute atomic E-state index is 0.0421. The topological polar surface area (TPSA) is 65.1 Å². The van der Waals surface area contributed by atoms with E-state index in [1.54, 1.807) is 4.90 Å². The van der Waals surface area contributed by atoms with E-state index in [0.29, 0.717) is 25.1 Å². The number of ether oxygens (including phenoxy) is 3. The van der Waals surface area contributed by atoms with Crippen molar-refractivity contribution in [3.63, 3.8) is 0 Å². The Morgan fingerprint density at radius 1 is 1.27 bits per heavy atom. The van der Waals surface area contributed by atoms with Crippen LogP contribution in [0.5, 0.6) is 11.5 Å². The number of carbonyl (C=O) groups is 2. The van der Waals surface area contributed by atoms with Crippen LogP contribution in [-0.2, 0) is 9.53 Å². The molecule has 0 N–H and O–H groups in total. The van der Waals surface area contributed by atoms with E-state index in [2.05, 4.69) is 0 Å². The molecule has 4 rings (SSSR count). The number of rotatable bonds is 1. The molecule has 1 amide bonds. The number of likely N-dealkylation sites (tertiary alicyclic amines) is 1. The average molecular weight is 359 g/mol. The van der Waals surface area contributed by atoms with Gasteiger partial charge < -0.3 is 19.1 Å². The number of carbonyl (C=O) groups excluding carboxylic acids is 2. The summed E-state index contributed by atoms with van der Waals surface area (Å²) in [6, 6.07) is 5.84. The second-order valence-electron chi connectivity index (χ2n) is 8.42. The van der Waals surface area contributed by atoms with E-state index in [1.165, 1.54) is 0 Å². The summed E-state index contributed by atoms with van der Waals surface area (Å²) in [4.78, 5) is 27.1. The molecule has 2 fully saturated rings. The van der Waals surface area contributed by atoms with Gasteiger partial charge in [0.2, 0.25) is 6.79 Å². The third-order valence-corrected chi connectivity index (χ3v) is 5.53. The van der Waals surface area contributed by atoms with Gasteiger partial charge >= 0.3 is 6.09 Å². The van der Waals surface area contributed by atoms with Crippen LogP contribution in [0.2, 0.25) is 0 Å². The largest absolute Gasteiger partial charge is 0.454 e. The molecule has 1 spiro atoms. The lowest BCUT2D eigenvalue weighted by molar-refractivity contribution is -0.118. The van der Waals surface area contributed by atoms with Gasteiger partial charge in [-0.1, -0.05) is 6.07 Å². The van der Waals surface area contributed by atoms with Crippen LogP contribution < -0.4 is 9.47 Å². The smallest absolute Gasteiger partial charge is 0.410 e. The van der Waals surface area contributed by atoms with Gasteiger partial charge in [0.25, 0.3) is 0 Å². The summed E-state index contributed by atoms with van der Waals surface area (Å²) in [5.41, 5.74) is -0.0271. The minimum Gasteiger partial charge on any atom is -0.454 e. The number of fused-ring (bicyclic) bond motifs is 1. The zero-order valence-corrected chi connectivity index (χ0v) is 15.5. The molecule has 2 heterocycles. The highest BCUT2D eigenvalue weighted by Gasteiger charge is 2.56. The van der Waals surface area contributed by atoms with Gasteiger partial charge in [0.1, 0.15) is 11.4 Å². The van der Waals surface area contributed by atoms with Crippen molar-refractivity contribution in [2.75, 3.05) is 13.3 Å². The lowest BCUT2D eigenvalue weighted by atomic mass is 9.80. The summed E-state index contributed by atoms with van der Waals surface area (Å²) in [5.74, 6) is 1.59. The molecule has 6 heteroatoms. The summed E-state index contributed by atoms with van der Waals surface area (Å²) in [7, 11) is 0. The molecule has 0 aromatic heterocycles. The molecule has 26 heavy (non-hydrogen) atoms. The highest BCUT2D eigenvalue weighted by atomic mass is 16.7. The first-order valence-electron chi connectivity index (χ1n) is 9.20. The molecular weight excluding hydrogens is 334 g/mol. The molecule has 6 nitrogen and oxygen atoms in total. The number of benzene rings is 1. The minimum atomic E-state index is -0.558. The van der Waals surface area contributed by atoms with E-state index in [4.69, 9.17) is 14.2 Å². The van der Waals surface area contributed by atoms with Crippen molar-refractivity contribution in [2.45, 2.75) is 63.5 Å². The SMILES string of the molecule is CC(C)(C)OC(=O)N1CCC[C@@]12CC(=O)C[C@H]2c1ccc2c(c1)OCO2. The fourth-order valence-corrected chi connectivity index (χ4v) is 4.55. The number of hydrogen-bond acceptors (Lipinski definition) is 5. The first-order valence-corrected chi connectivity index (χ1v) is 9.20. The summed E-state index contributed by atoms with van der Waals surface area (Å²) < 4.78 is 16.5. The third-order valence-electron chi connectivity index (χ3n) is 5.53. The van der Waals surface area contributed by atoms with Crippen molar-refractivity contribution in [2.24, 2.45) is 0 Å². The summed E-state index contributed by atoms with van der Waals surface area (Å²) >= 11 is 0. The van der Waals surface area contributed by atoms with Crippen molar-refractivity contribution in [3.05, 3.63) is 23.8 Å². The summed E-state index contributed by atoms with van der Waals surface area (Å²) in [5, 5.41) is 0. The normalized spacial score (nSPS) is 27.4. The molecule has 0 unspecified atom stereocenters. The Bertz CT molecular complexity index is 753. The number of nitrogens with zero attached hydrogens (tertiary/aromatic N) is 1. The van der Waals surface area contributed by atoms with Gasteiger partial charge in [0, 0.05) is 25.3 Å². The van der Waals surface area contributed by atoms with Crippen molar-refractivity contribution >= 4 is 11.9 Å². The van der Waals surface area contributed by atoms with Crippen molar-refractivity contribution in [3.8, 4) is 11.5 Å². The molecule has 0 radical (unpaired) electrons. The maximum Gasteiger partial charge on any atom is 0.410 e.